The molecule has 3 heterocycles. The molecule has 4 aromatic carbocycles. The van der Waals surface area contributed by atoms with Gasteiger partial charge in [-0.2, -0.15) is 0 Å². The minimum absolute atomic E-state index is 0.0524. The van der Waals surface area contributed by atoms with Gasteiger partial charge in [-0.1, -0.05) is 109 Å². The molecule has 2 aliphatic heterocycles. The Balaban J connectivity index is 0.000000428. The average molecular weight is 916 g/mol. The number of rotatable bonds is 9. The van der Waals surface area contributed by atoms with Gasteiger partial charge in [-0.25, -0.2) is 4.79 Å². The highest BCUT2D eigenvalue weighted by Crippen LogP contribution is 2.19. The van der Waals surface area contributed by atoms with Gasteiger partial charge in [0.05, 0.1) is 6.54 Å². The van der Waals surface area contributed by atoms with Crippen LogP contribution in [0.3, 0.4) is 0 Å². The largest absolute Gasteiger partial charge is 0.480 e. The summed E-state index contributed by atoms with van der Waals surface area (Å²) in [6.07, 6.45) is 9.00. The summed E-state index contributed by atoms with van der Waals surface area (Å²) in [4.78, 5) is 87.4. The Bertz CT molecular complexity index is 2320. The summed E-state index contributed by atoms with van der Waals surface area (Å²) < 4.78 is 0. The van der Waals surface area contributed by atoms with Gasteiger partial charge in [0.2, 0.25) is 35.4 Å². The molecule has 10 N–H and O–H groups in total. The third-order valence-electron chi connectivity index (χ3n) is 9.65. The van der Waals surface area contributed by atoms with Crippen LogP contribution in [0, 0.1) is 19.8 Å². The van der Waals surface area contributed by atoms with Crippen molar-refractivity contribution in [3.05, 3.63) is 148 Å². The number of anilines is 1. The summed E-state index contributed by atoms with van der Waals surface area (Å²) in [5.41, 5.74) is 15.5. The van der Waals surface area contributed by atoms with E-state index in [-0.39, 0.29) is 38.0 Å². The number of amides is 6. The molecule has 7 rings (SSSR count). The molecule has 0 saturated heterocycles. The van der Waals surface area contributed by atoms with E-state index in [2.05, 4.69) is 94.9 Å². The monoisotopic (exact) mass is 915 g/mol. The molecule has 66 heavy (non-hydrogen) atoms. The zero-order valence-electron chi connectivity index (χ0n) is 36.7. The highest BCUT2D eigenvalue weighted by molar-refractivity contribution is 7.09. The molecule has 0 saturated carbocycles. The molecule has 2 aliphatic rings. The molecule has 15 nitrogen and oxygen atoms in total. The van der Waals surface area contributed by atoms with Crippen molar-refractivity contribution in [2.45, 2.75) is 70.0 Å². The predicted molar refractivity (Wildman–Crippen MR) is 257 cm³/mol. The molecule has 1 aromatic heterocycles. The second kappa shape index (κ2) is 29.0. The minimum Gasteiger partial charge on any atom is -0.480 e. The van der Waals surface area contributed by atoms with E-state index in [0.717, 1.165) is 10.4 Å². The summed E-state index contributed by atoms with van der Waals surface area (Å²) in [7, 11) is 0. The van der Waals surface area contributed by atoms with E-state index in [4.69, 9.17) is 11.5 Å². The van der Waals surface area contributed by atoms with Gasteiger partial charge in [-0.3, -0.25) is 28.8 Å². The number of carboxylic acid groups (broad SMARTS) is 1. The van der Waals surface area contributed by atoms with Gasteiger partial charge < -0.3 is 43.2 Å². The Morgan fingerprint density at radius 1 is 0.697 bits per heavy atom. The van der Waals surface area contributed by atoms with E-state index < -0.39 is 60.2 Å². The maximum absolute atomic E-state index is 13.3. The van der Waals surface area contributed by atoms with Crippen molar-refractivity contribution in [2.24, 2.45) is 11.5 Å². The van der Waals surface area contributed by atoms with Crippen LogP contribution in [0.25, 0.3) is 11.1 Å². The fraction of sp³-hybridized carbons (Fsp3) is 0.260. The molecule has 0 spiro atoms. The molecule has 3 atom stereocenters. The molecule has 0 unspecified atom stereocenters. The van der Waals surface area contributed by atoms with Crippen LogP contribution >= 0.6 is 11.3 Å². The number of benzene rings is 4. The number of nitrogens with one attached hydrogen (secondary N) is 5. The molecule has 5 aromatic rings. The van der Waals surface area contributed by atoms with Crippen molar-refractivity contribution < 1.29 is 38.7 Å². The molecule has 16 heteroatoms. The van der Waals surface area contributed by atoms with E-state index in [1.165, 1.54) is 28.0 Å². The molecule has 0 fully saturated rings. The van der Waals surface area contributed by atoms with Crippen LogP contribution in [0.4, 0.5) is 5.69 Å². The first-order chi connectivity index (χ1) is 31.8. The number of hydrogen-bond acceptors (Lipinski definition) is 9. The molecular formula is C50H57N7O8S. The van der Waals surface area contributed by atoms with Crippen molar-refractivity contribution in [1.29, 1.82) is 0 Å². The normalized spacial score (nSPS) is 16.7. The fourth-order valence-electron chi connectivity index (χ4n) is 6.24. The summed E-state index contributed by atoms with van der Waals surface area (Å²) in [5.74, 6) is -4.48. The number of hydrogen-bond donors (Lipinski definition) is 8. The molecule has 6 amide bonds. The average Bonchev–Trinajstić information content (AvgIpc) is 3.84. The number of primary amides is 1. The van der Waals surface area contributed by atoms with Gasteiger partial charge in [-0.05, 0) is 65.7 Å². The zero-order chi connectivity index (χ0) is 48.3. The van der Waals surface area contributed by atoms with Gasteiger partial charge in [0.25, 0.3) is 0 Å². The SMILES string of the molecule is C#C.Cc1ccc(-c2ccccc2)cc1.NCCCC(N)=O.O=C1CCC(=O)N[C@H](Cc2cccs2)C(=O)NCC(=O)N[C@H](Cc2ccccc2)C(=O)N[C@H](C(=O)O)Cc2ccc(cc2)N1. The van der Waals surface area contributed by atoms with Crippen LogP contribution in [-0.2, 0) is 52.8 Å². The fourth-order valence-corrected chi connectivity index (χ4v) is 6.99. The molecular weight excluding hydrogens is 859 g/mol. The van der Waals surface area contributed by atoms with E-state index in [1.807, 2.05) is 23.6 Å². The first-order valence-corrected chi connectivity index (χ1v) is 22.0. The maximum atomic E-state index is 13.3. The number of thiophene rings is 1. The number of nitrogens with two attached hydrogens (primary N) is 2. The number of carbonyl (C=O) groups is 7. The first kappa shape index (κ1) is 52.7. The van der Waals surface area contributed by atoms with E-state index in [0.29, 0.717) is 30.6 Å². The quantitative estimate of drug-likeness (QED) is 0.0775. The molecule has 2 bridgehead atoms. The van der Waals surface area contributed by atoms with Crippen molar-refractivity contribution in [1.82, 2.24) is 21.3 Å². The summed E-state index contributed by atoms with van der Waals surface area (Å²) in [6.45, 7) is 2.16. The van der Waals surface area contributed by atoms with Crippen molar-refractivity contribution in [3.63, 3.8) is 0 Å². The first-order valence-electron chi connectivity index (χ1n) is 21.1. The molecule has 0 aliphatic carbocycles. The third kappa shape index (κ3) is 19.8. The zero-order valence-corrected chi connectivity index (χ0v) is 37.6. The molecule has 346 valence electrons. The van der Waals surface area contributed by atoms with Gasteiger partial charge in [-0.15, -0.1) is 24.2 Å². The Morgan fingerprint density at radius 3 is 1.86 bits per heavy atom. The lowest BCUT2D eigenvalue weighted by atomic mass is 10.0. The van der Waals surface area contributed by atoms with Crippen LogP contribution in [0.2, 0.25) is 0 Å². The van der Waals surface area contributed by atoms with E-state index in [1.54, 1.807) is 54.6 Å². The maximum Gasteiger partial charge on any atom is 0.326 e. The second-order valence-electron chi connectivity index (χ2n) is 14.9. The Kier molecular flexibility index (Phi) is 23.1. The van der Waals surface area contributed by atoms with Crippen molar-refractivity contribution >= 4 is 58.4 Å². The topological polar surface area (TPSA) is 252 Å². The van der Waals surface area contributed by atoms with Crippen LogP contribution in [0.15, 0.2) is 127 Å². The summed E-state index contributed by atoms with van der Waals surface area (Å²) in [5, 5.41) is 24.7. The van der Waals surface area contributed by atoms with Gasteiger partial charge in [0.15, 0.2) is 0 Å². The number of fused-ring (bicyclic) bond motifs is 18. The van der Waals surface area contributed by atoms with Crippen LogP contribution < -0.4 is 38.1 Å². The number of aryl methyl sites for hydroxylation is 1. The van der Waals surface area contributed by atoms with Gasteiger partial charge >= 0.3 is 5.97 Å². The predicted octanol–water partition coefficient (Wildman–Crippen LogP) is 4.29. The summed E-state index contributed by atoms with van der Waals surface area (Å²) in [6, 6.07) is 34.5. The van der Waals surface area contributed by atoms with Crippen molar-refractivity contribution in [2.75, 3.05) is 18.4 Å². The van der Waals surface area contributed by atoms with Crippen LogP contribution in [0.5, 0.6) is 0 Å². The lowest BCUT2D eigenvalue weighted by Gasteiger charge is -2.22. The van der Waals surface area contributed by atoms with Gasteiger partial charge in [0.1, 0.15) is 18.1 Å². The Labute approximate surface area is 389 Å². The highest BCUT2D eigenvalue weighted by atomic mass is 32.1. The smallest absolute Gasteiger partial charge is 0.326 e. The molecule has 0 radical (unpaired) electrons. The Morgan fingerprint density at radius 2 is 1.29 bits per heavy atom. The minimum atomic E-state index is -1.30. The van der Waals surface area contributed by atoms with E-state index in [9.17, 15) is 38.7 Å². The number of carboxylic acids is 1. The number of aliphatic carboxylic acids is 1. The third-order valence-corrected chi connectivity index (χ3v) is 10.6. The van der Waals surface area contributed by atoms with Crippen molar-refractivity contribution in [3.8, 4) is 24.0 Å². The lowest BCUT2D eigenvalue weighted by Crippen LogP contribution is -2.55. The summed E-state index contributed by atoms with van der Waals surface area (Å²) >= 11 is 1.40. The Hall–Kier alpha value is -7.61. The number of terminal acetylenes is 1. The van der Waals surface area contributed by atoms with Gasteiger partial charge in [0, 0.05) is 49.1 Å². The number of carbonyl (C=O) groups excluding carboxylic acids is 6. The highest BCUT2D eigenvalue weighted by Gasteiger charge is 2.28. The van der Waals surface area contributed by atoms with Crippen LogP contribution in [0.1, 0.15) is 47.3 Å². The van der Waals surface area contributed by atoms with Crippen LogP contribution in [-0.4, -0.2) is 77.7 Å². The van der Waals surface area contributed by atoms with E-state index >= 15 is 0 Å². The second-order valence-corrected chi connectivity index (χ2v) is 15.9. The standard InChI is InChI=1S/C31H33N5O7S.C13H12.C4H10N2O.C2H2/c37-26-12-13-27(38)34-24(17-22-7-4-14-44-22)29(40)32-18-28(39)35-23(15-19-5-2-1-3-6-19)30(41)36-25(31(42)43)16-20-8-10-21(33-26)11-9-20;1-11-7-9-13(10-8-11)12-5-3-2-4-6-12;5-3-1-2-4(6)7;1-2/h1-11,14,23-25H,12-13,15-18H2,(H,32,40)(H,33,37)(H,34,38)(H,35,39)(H,36,41)(H,42,43);2-10H,1H3;1-3,5H2,(H2,6,7);1-2H/t23-,24-,25+;;;/m1.../s1. The lowest BCUT2D eigenvalue weighted by molar-refractivity contribution is -0.142.